The molecule has 8 nitrogen and oxygen atoms in total. The molecule has 8 heteroatoms. The molecule has 3 heterocycles. The summed E-state index contributed by atoms with van der Waals surface area (Å²) in [5, 5.41) is 7.50. The third-order valence-corrected chi connectivity index (χ3v) is 6.05. The van der Waals surface area contributed by atoms with Crippen LogP contribution >= 0.6 is 0 Å². The molecule has 3 aliphatic rings. The van der Waals surface area contributed by atoms with Crippen molar-refractivity contribution >= 4 is 17.3 Å². The zero-order valence-corrected chi connectivity index (χ0v) is 19.3. The standard InChI is InChI=1S/C26H27N5O3/c1-29(2)19-12-10-18(11-13-19)27-25(32)22-16-30(15-21-9-6-14-34-21)17-23-24(22)28-31(26(23)33)20-7-4-3-5-8-20/h3-5,7-8,10-13,16-17,21H,6,9,14-15H2,1-2H3,(H,27,32). The van der Waals surface area contributed by atoms with Gasteiger partial charge in [-0.2, -0.15) is 9.78 Å². The van der Waals surface area contributed by atoms with E-state index in [-0.39, 0.29) is 17.6 Å². The summed E-state index contributed by atoms with van der Waals surface area (Å²) in [6.45, 7) is 1.31. The van der Waals surface area contributed by atoms with Crippen molar-refractivity contribution in [3.8, 4) is 16.9 Å². The fourth-order valence-corrected chi connectivity index (χ4v) is 4.24. The molecule has 2 aromatic carbocycles. The Morgan fingerprint density at radius 2 is 1.88 bits per heavy atom. The second kappa shape index (κ2) is 9.15. The molecule has 1 amide bonds. The summed E-state index contributed by atoms with van der Waals surface area (Å²) in [6.07, 6.45) is 5.57. The summed E-state index contributed by atoms with van der Waals surface area (Å²) >= 11 is 0. The Hall–Kier alpha value is -3.91. The lowest BCUT2D eigenvalue weighted by Crippen LogP contribution is -2.21. The van der Waals surface area contributed by atoms with Gasteiger partial charge in [-0.25, -0.2) is 0 Å². The van der Waals surface area contributed by atoms with Crippen molar-refractivity contribution in [2.45, 2.75) is 25.5 Å². The zero-order chi connectivity index (χ0) is 23.7. The molecule has 0 aliphatic carbocycles. The molecule has 5 rings (SSSR count). The van der Waals surface area contributed by atoms with Crippen LogP contribution in [0.25, 0.3) is 16.9 Å². The van der Waals surface area contributed by atoms with Gasteiger partial charge in [0, 0.05) is 51.0 Å². The fourth-order valence-electron chi connectivity index (χ4n) is 4.24. The van der Waals surface area contributed by atoms with Gasteiger partial charge in [-0.3, -0.25) is 9.59 Å². The highest BCUT2D eigenvalue weighted by atomic mass is 16.5. The van der Waals surface area contributed by atoms with Crippen LogP contribution in [-0.2, 0) is 11.3 Å². The lowest BCUT2D eigenvalue weighted by molar-refractivity contribution is 0.0961. The number of anilines is 2. The maximum Gasteiger partial charge on any atom is 0.282 e. The van der Waals surface area contributed by atoms with Crippen LogP contribution in [0.4, 0.5) is 11.4 Å². The molecule has 2 aromatic rings. The van der Waals surface area contributed by atoms with Crippen molar-refractivity contribution in [1.82, 2.24) is 14.3 Å². The van der Waals surface area contributed by atoms with E-state index in [9.17, 15) is 9.59 Å². The number of nitrogens with zero attached hydrogens (tertiary/aromatic N) is 4. The maximum absolute atomic E-state index is 13.4. The van der Waals surface area contributed by atoms with Crippen molar-refractivity contribution in [2.24, 2.45) is 0 Å². The number of benzene rings is 2. The van der Waals surface area contributed by atoms with Gasteiger partial charge in [0.15, 0.2) is 0 Å². The first-order valence-electron chi connectivity index (χ1n) is 11.4. The minimum absolute atomic E-state index is 0.0659. The predicted octanol–water partition coefficient (Wildman–Crippen LogP) is 3.64. The largest absolute Gasteiger partial charge is 0.378 e. The molecule has 0 aromatic heterocycles. The number of pyridine rings is 1. The number of ether oxygens (including phenoxy) is 1. The van der Waals surface area contributed by atoms with Gasteiger partial charge in [-0.1, -0.05) is 18.2 Å². The van der Waals surface area contributed by atoms with Gasteiger partial charge in [-0.15, -0.1) is 0 Å². The zero-order valence-electron chi connectivity index (χ0n) is 19.3. The SMILES string of the molecule is CN(C)c1ccc(NC(=O)c2cn(CC3CCCO3)cc3c(=O)n(-c4ccccc4)nc2-3)cc1. The molecule has 3 aliphatic heterocycles. The number of hydrogen-bond acceptors (Lipinski definition) is 5. The van der Waals surface area contributed by atoms with E-state index in [0.717, 1.165) is 25.1 Å². The van der Waals surface area contributed by atoms with E-state index < -0.39 is 0 Å². The summed E-state index contributed by atoms with van der Waals surface area (Å²) in [4.78, 5) is 28.6. The normalized spacial score (nSPS) is 15.5. The van der Waals surface area contributed by atoms with Gasteiger partial charge in [-0.05, 0) is 49.2 Å². The van der Waals surface area contributed by atoms with Crippen LogP contribution in [0.3, 0.4) is 0 Å². The summed E-state index contributed by atoms with van der Waals surface area (Å²) < 4.78 is 9.00. The van der Waals surface area contributed by atoms with Gasteiger partial charge < -0.3 is 19.5 Å². The Morgan fingerprint density at radius 1 is 1.12 bits per heavy atom. The van der Waals surface area contributed by atoms with E-state index in [1.165, 1.54) is 4.68 Å². The second-order valence-corrected chi connectivity index (χ2v) is 8.71. The Bertz CT molecular complexity index is 1320. The third kappa shape index (κ3) is 4.32. The fraction of sp³-hybridized carbons (Fsp3) is 0.269. The molecule has 0 radical (unpaired) electrons. The number of hydrogen-bond donors (Lipinski definition) is 1. The molecule has 1 fully saturated rings. The van der Waals surface area contributed by atoms with Crippen LogP contribution in [0, 0.1) is 0 Å². The Morgan fingerprint density at radius 3 is 2.56 bits per heavy atom. The highest BCUT2D eigenvalue weighted by Crippen LogP contribution is 2.25. The average molecular weight is 458 g/mol. The van der Waals surface area contributed by atoms with Crippen LogP contribution in [0.2, 0.25) is 0 Å². The van der Waals surface area contributed by atoms with Gasteiger partial charge >= 0.3 is 0 Å². The number of carbonyl (C=O) groups excluding carboxylic acids is 1. The number of para-hydroxylation sites is 1. The molecule has 34 heavy (non-hydrogen) atoms. The maximum atomic E-state index is 13.4. The van der Waals surface area contributed by atoms with Gasteiger partial charge in [0.1, 0.15) is 5.69 Å². The first-order chi connectivity index (χ1) is 16.5. The molecule has 0 spiro atoms. The summed E-state index contributed by atoms with van der Waals surface area (Å²) in [6, 6.07) is 16.8. The molecule has 0 saturated carbocycles. The summed E-state index contributed by atoms with van der Waals surface area (Å²) in [5.41, 5.74) is 3.22. The average Bonchev–Trinajstić information content (AvgIpc) is 3.47. The van der Waals surface area contributed by atoms with Crippen LogP contribution < -0.4 is 15.8 Å². The van der Waals surface area contributed by atoms with E-state index in [1.54, 1.807) is 12.4 Å². The highest BCUT2D eigenvalue weighted by Gasteiger charge is 2.26. The molecule has 1 unspecified atom stereocenters. The lowest BCUT2D eigenvalue weighted by atomic mass is 10.1. The number of rotatable bonds is 6. The number of aromatic nitrogens is 3. The summed E-state index contributed by atoms with van der Waals surface area (Å²) in [5.74, 6) is -0.318. The molecule has 0 bridgehead atoms. The number of nitrogens with one attached hydrogen (secondary N) is 1. The quantitative estimate of drug-likeness (QED) is 0.478. The van der Waals surface area contributed by atoms with E-state index in [0.29, 0.717) is 34.7 Å². The van der Waals surface area contributed by atoms with Crippen LogP contribution in [-0.4, -0.2) is 47.1 Å². The Kier molecular flexibility index (Phi) is 5.90. The van der Waals surface area contributed by atoms with Gasteiger partial charge in [0.25, 0.3) is 11.5 Å². The monoisotopic (exact) mass is 457 g/mol. The van der Waals surface area contributed by atoms with E-state index >= 15 is 0 Å². The van der Waals surface area contributed by atoms with Crippen molar-refractivity contribution in [2.75, 3.05) is 30.9 Å². The van der Waals surface area contributed by atoms with Crippen LogP contribution in [0.15, 0.2) is 71.8 Å². The van der Waals surface area contributed by atoms with Crippen LogP contribution in [0.1, 0.15) is 23.2 Å². The number of carbonyl (C=O) groups is 1. The Balaban J connectivity index is 1.55. The highest BCUT2D eigenvalue weighted by molar-refractivity contribution is 6.08. The minimum atomic E-state index is -0.318. The number of amides is 1. The topological polar surface area (TPSA) is 81.4 Å². The van der Waals surface area contributed by atoms with E-state index in [4.69, 9.17) is 4.74 Å². The van der Waals surface area contributed by atoms with Gasteiger partial charge in [0.05, 0.1) is 22.9 Å². The molecular weight excluding hydrogens is 430 g/mol. The number of fused-ring (bicyclic) bond motifs is 1. The second-order valence-electron chi connectivity index (χ2n) is 8.71. The van der Waals surface area contributed by atoms with Crippen LogP contribution in [0.5, 0.6) is 0 Å². The van der Waals surface area contributed by atoms with Crippen molar-refractivity contribution < 1.29 is 9.53 Å². The predicted molar refractivity (Wildman–Crippen MR) is 132 cm³/mol. The van der Waals surface area contributed by atoms with Gasteiger partial charge in [0.2, 0.25) is 0 Å². The van der Waals surface area contributed by atoms with Crippen molar-refractivity contribution in [1.29, 1.82) is 0 Å². The summed E-state index contributed by atoms with van der Waals surface area (Å²) in [7, 11) is 3.93. The minimum Gasteiger partial charge on any atom is -0.378 e. The third-order valence-electron chi connectivity index (χ3n) is 6.05. The van der Waals surface area contributed by atoms with E-state index in [2.05, 4.69) is 10.4 Å². The molecular formula is C26H27N5O3. The first-order valence-corrected chi connectivity index (χ1v) is 11.4. The van der Waals surface area contributed by atoms with Crippen molar-refractivity contribution in [3.63, 3.8) is 0 Å². The molecule has 1 atom stereocenters. The molecule has 1 saturated heterocycles. The smallest absolute Gasteiger partial charge is 0.282 e. The van der Waals surface area contributed by atoms with Crippen molar-refractivity contribution in [3.05, 3.63) is 82.9 Å². The van der Waals surface area contributed by atoms with E-state index in [1.807, 2.05) is 78.2 Å². The molecule has 174 valence electrons. The first kappa shape index (κ1) is 21.9. The molecule has 1 N–H and O–H groups in total. The lowest BCUT2D eigenvalue weighted by Gasteiger charge is -2.16. The Labute approximate surface area is 197 Å².